The monoisotopic (exact) mass is 344 g/mol. The molecule has 1 aliphatic carbocycles. The number of nitrogens with two attached hydrogens (primary N) is 1. The van der Waals surface area contributed by atoms with E-state index >= 15 is 0 Å². The maximum Gasteiger partial charge on any atom is 0.248 e. The fourth-order valence-electron chi connectivity index (χ4n) is 5.10. The zero-order valence-electron chi connectivity index (χ0n) is 15.7. The highest BCUT2D eigenvalue weighted by molar-refractivity contribution is 5.92. The van der Waals surface area contributed by atoms with Gasteiger partial charge in [-0.25, -0.2) is 0 Å². The minimum atomic E-state index is -0.367. The summed E-state index contributed by atoms with van der Waals surface area (Å²) in [4.78, 5) is 14.2. The molecule has 1 aromatic rings. The van der Waals surface area contributed by atoms with E-state index in [2.05, 4.69) is 17.9 Å². The Morgan fingerprint density at radius 2 is 1.96 bits per heavy atom. The van der Waals surface area contributed by atoms with Crippen LogP contribution < -0.4 is 5.73 Å². The van der Waals surface area contributed by atoms with Gasteiger partial charge in [-0.05, 0) is 43.5 Å². The summed E-state index contributed by atoms with van der Waals surface area (Å²) in [5.41, 5.74) is 6.94. The van der Waals surface area contributed by atoms with Gasteiger partial charge in [0.2, 0.25) is 5.91 Å². The first kappa shape index (κ1) is 18.4. The first-order valence-corrected chi connectivity index (χ1v) is 9.79. The van der Waals surface area contributed by atoms with E-state index in [-0.39, 0.29) is 11.5 Å². The summed E-state index contributed by atoms with van der Waals surface area (Å²) >= 11 is 0. The molecule has 25 heavy (non-hydrogen) atoms. The minimum absolute atomic E-state index is 0.259. The molecule has 2 fully saturated rings. The number of hydrogen-bond acceptors (Lipinski definition) is 3. The molecule has 1 heterocycles. The molecule has 1 aliphatic heterocycles. The number of ether oxygens (including phenoxy) is 1. The van der Waals surface area contributed by atoms with Crippen LogP contribution in [-0.4, -0.2) is 37.6 Å². The van der Waals surface area contributed by atoms with Crippen molar-refractivity contribution in [2.75, 3.05) is 26.7 Å². The Bertz CT molecular complexity index is 587. The second kappa shape index (κ2) is 7.88. The quantitative estimate of drug-likeness (QED) is 0.734. The number of hydrogen-bond donors (Lipinski definition) is 1. The first-order valence-electron chi connectivity index (χ1n) is 9.79. The zero-order valence-corrected chi connectivity index (χ0v) is 15.7. The highest BCUT2D eigenvalue weighted by Crippen LogP contribution is 2.53. The summed E-state index contributed by atoms with van der Waals surface area (Å²) in [5.74, 6) is 0.616. The van der Waals surface area contributed by atoms with Crippen LogP contribution in [0.2, 0.25) is 0 Å². The van der Waals surface area contributed by atoms with E-state index in [0.717, 1.165) is 18.7 Å². The number of carbonyl (C=O) groups is 1. The van der Waals surface area contributed by atoms with E-state index < -0.39 is 0 Å². The average Bonchev–Trinajstić information content (AvgIpc) is 2.82. The number of fused-ring (bicyclic) bond motifs is 2. The second-order valence-electron chi connectivity index (χ2n) is 7.73. The molecule has 2 N–H and O–H groups in total. The van der Waals surface area contributed by atoms with Crippen LogP contribution in [0.3, 0.4) is 0 Å². The number of primary amides is 1. The predicted molar refractivity (Wildman–Crippen MR) is 100 cm³/mol. The van der Waals surface area contributed by atoms with Gasteiger partial charge in [-0.2, -0.15) is 0 Å². The van der Waals surface area contributed by atoms with E-state index in [0.29, 0.717) is 17.4 Å². The summed E-state index contributed by atoms with van der Waals surface area (Å²) in [6, 6.07) is 7.79. The highest BCUT2D eigenvalue weighted by Gasteiger charge is 2.55. The normalized spacial score (nSPS) is 29.0. The number of rotatable bonds is 8. The van der Waals surface area contributed by atoms with Crippen molar-refractivity contribution in [1.29, 1.82) is 0 Å². The summed E-state index contributed by atoms with van der Waals surface area (Å²) in [7, 11) is 1.83. The van der Waals surface area contributed by atoms with Crippen LogP contribution >= 0.6 is 0 Å². The molecule has 4 nitrogen and oxygen atoms in total. The molecule has 1 saturated heterocycles. The smallest absolute Gasteiger partial charge is 0.248 e. The number of carbonyl (C=O) groups excluding carboxylic acids is 1. The lowest BCUT2D eigenvalue weighted by Crippen LogP contribution is -2.53. The van der Waals surface area contributed by atoms with Crippen molar-refractivity contribution in [3.05, 3.63) is 35.4 Å². The van der Waals surface area contributed by atoms with Crippen molar-refractivity contribution in [2.45, 2.75) is 51.0 Å². The lowest BCUT2D eigenvalue weighted by atomic mass is 9.74. The molecule has 0 aromatic heterocycles. The van der Waals surface area contributed by atoms with E-state index in [4.69, 9.17) is 10.5 Å². The highest BCUT2D eigenvalue weighted by atomic mass is 16.5. The van der Waals surface area contributed by atoms with Crippen LogP contribution in [0.15, 0.2) is 24.3 Å². The maximum absolute atomic E-state index is 11.6. The molecule has 2 atom stereocenters. The lowest BCUT2D eigenvalue weighted by Gasteiger charge is -2.47. The Kier molecular flexibility index (Phi) is 5.80. The van der Waals surface area contributed by atoms with E-state index in [1.54, 1.807) is 6.07 Å². The second-order valence-corrected chi connectivity index (χ2v) is 7.73. The van der Waals surface area contributed by atoms with Gasteiger partial charge >= 0.3 is 0 Å². The number of piperidine rings is 1. The summed E-state index contributed by atoms with van der Waals surface area (Å²) in [6.45, 7) is 5.65. The molecule has 2 aliphatic rings. The SMILES string of the molecule is CCCCCCN1CC2CCC(C1)C2(OC)c1cccc(C(N)=O)c1. The van der Waals surface area contributed by atoms with Gasteiger partial charge in [0.05, 0.1) is 0 Å². The summed E-state index contributed by atoms with van der Waals surface area (Å²) in [5, 5.41) is 0. The number of likely N-dealkylation sites (tertiary alicyclic amines) is 1. The number of nitrogens with zero attached hydrogens (tertiary/aromatic N) is 1. The molecule has 2 bridgehead atoms. The number of amides is 1. The van der Waals surface area contributed by atoms with Gasteiger partial charge in [0.15, 0.2) is 0 Å². The largest absolute Gasteiger partial charge is 0.373 e. The molecule has 2 unspecified atom stereocenters. The van der Waals surface area contributed by atoms with Crippen molar-refractivity contribution >= 4 is 5.91 Å². The van der Waals surface area contributed by atoms with Gasteiger partial charge in [0, 0.05) is 37.6 Å². The predicted octanol–water partition coefficient (Wildman–Crippen LogP) is 3.55. The molecule has 0 spiro atoms. The molecule has 1 amide bonds. The van der Waals surface area contributed by atoms with Gasteiger partial charge in [-0.15, -0.1) is 0 Å². The average molecular weight is 344 g/mol. The fraction of sp³-hybridized carbons (Fsp3) is 0.667. The van der Waals surface area contributed by atoms with Gasteiger partial charge in [-0.3, -0.25) is 4.79 Å². The van der Waals surface area contributed by atoms with Gasteiger partial charge in [0.1, 0.15) is 5.60 Å². The molecular formula is C21H32N2O2. The first-order chi connectivity index (χ1) is 12.1. The topological polar surface area (TPSA) is 55.6 Å². The summed E-state index contributed by atoms with van der Waals surface area (Å²) < 4.78 is 6.20. The standard InChI is InChI=1S/C21H32N2O2/c1-3-4-5-6-12-23-14-18-10-11-19(15-23)21(18,25-2)17-9-7-8-16(13-17)20(22)24/h7-9,13,18-19H,3-6,10-12,14-15H2,1-2H3,(H2,22,24). The Balaban J connectivity index is 1.77. The van der Waals surface area contributed by atoms with Gasteiger partial charge in [0.25, 0.3) is 0 Å². The van der Waals surface area contributed by atoms with Crippen molar-refractivity contribution in [2.24, 2.45) is 17.6 Å². The molecule has 1 aromatic carbocycles. The van der Waals surface area contributed by atoms with Crippen LogP contribution in [0, 0.1) is 11.8 Å². The van der Waals surface area contributed by atoms with Crippen molar-refractivity contribution < 1.29 is 9.53 Å². The van der Waals surface area contributed by atoms with E-state index in [1.807, 2.05) is 19.2 Å². The molecular weight excluding hydrogens is 312 g/mol. The van der Waals surface area contributed by atoms with Crippen molar-refractivity contribution in [3.8, 4) is 0 Å². The third-order valence-electron chi connectivity index (χ3n) is 6.30. The summed E-state index contributed by atoms with van der Waals surface area (Å²) in [6.07, 6.45) is 7.65. The van der Waals surface area contributed by atoms with Crippen LogP contribution in [0.4, 0.5) is 0 Å². The lowest BCUT2D eigenvalue weighted by molar-refractivity contribution is -0.118. The number of benzene rings is 1. The molecule has 138 valence electrons. The van der Waals surface area contributed by atoms with Crippen molar-refractivity contribution in [3.63, 3.8) is 0 Å². The number of methoxy groups -OCH3 is 1. The van der Waals surface area contributed by atoms with E-state index in [1.165, 1.54) is 45.1 Å². The minimum Gasteiger partial charge on any atom is -0.373 e. The van der Waals surface area contributed by atoms with Crippen LogP contribution in [-0.2, 0) is 10.3 Å². The Labute approximate surface area is 151 Å². The Morgan fingerprint density at radius 1 is 1.24 bits per heavy atom. The molecule has 3 rings (SSSR count). The van der Waals surface area contributed by atoms with Crippen molar-refractivity contribution in [1.82, 2.24) is 4.90 Å². The third kappa shape index (κ3) is 3.47. The maximum atomic E-state index is 11.6. The fourth-order valence-corrected chi connectivity index (χ4v) is 5.10. The molecule has 1 saturated carbocycles. The Morgan fingerprint density at radius 3 is 2.56 bits per heavy atom. The third-order valence-corrected chi connectivity index (χ3v) is 6.30. The molecule has 4 heteroatoms. The van der Waals surface area contributed by atoms with Crippen LogP contribution in [0.5, 0.6) is 0 Å². The van der Waals surface area contributed by atoms with E-state index in [9.17, 15) is 4.79 Å². The number of unbranched alkanes of at least 4 members (excludes halogenated alkanes) is 3. The van der Waals surface area contributed by atoms with Crippen LogP contribution in [0.1, 0.15) is 61.4 Å². The Hall–Kier alpha value is -1.39. The molecule has 0 radical (unpaired) electrons. The van der Waals surface area contributed by atoms with Gasteiger partial charge < -0.3 is 15.4 Å². The van der Waals surface area contributed by atoms with Crippen LogP contribution in [0.25, 0.3) is 0 Å². The van der Waals surface area contributed by atoms with Gasteiger partial charge in [-0.1, -0.05) is 38.3 Å². The zero-order chi connectivity index (χ0) is 17.9.